The number of rotatable bonds is 6. The fraction of sp³-hybridized carbons (Fsp3) is 0.389. The van der Waals surface area contributed by atoms with Gasteiger partial charge >= 0.3 is 5.00 Å². The van der Waals surface area contributed by atoms with Crippen LogP contribution in [0.1, 0.15) is 40.9 Å². The molecule has 6 heteroatoms. The molecule has 126 valence electrons. The number of hydrogen-bond donors (Lipinski definition) is 0. The smallest absolute Gasteiger partial charge is 0.324 e. The number of nitrogens with zero attached hydrogens (tertiary/aromatic N) is 2. The Kier molecular flexibility index (Phi) is 5.25. The van der Waals surface area contributed by atoms with Gasteiger partial charge in [0.25, 0.3) is 5.91 Å². The van der Waals surface area contributed by atoms with E-state index in [1.807, 2.05) is 23.1 Å². The van der Waals surface area contributed by atoms with Crippen molar-refractivity contribution in [1.82, 2.24) is 4.90 Å². The highest BCUT2D eigenvalue weighted by atomic mass is 32.1. The zero-order valence-electron chi connectivity index (χ0n) is 13.4. The first kappa shape index (κ1) is 16.6. The molecular formula is C18H20N2O3S. The summed E-state index contributed by atoms with van der Waals surface area (Å²) in [5.41, 5.74) is 1.20. The molecule has 1 aromatic heterocycles. The summed E-state index contributed by atoms with van der Waals surface area (Å²) < 4.78 is 0. The minimum absolute atomic E-state index is 0.0211. The van der Waals surface area contributed by atoms with Gasteiger partial charge in [0.05, 0.1) is 9.80 Å². The summed E-state index contributed by atoms with van der Waals surface area (Å²) in [6.45, 7) is 0.652. The molecule has 1 fully saturated rings. The zero-order valence-corrected chi connectivity index (χ0v) is 14.2. The Morgan fingerprint density at radius 3 is 2.50 bits per heavy atom. The third kappa shape index (κ3) is 3.82. The maximum atomic E-state index is 12.9. The summed E-state index contributed by atoms with van der Waals surface area (Å²) in [4.78, 5) is 25.7. The van der Waals surface area contributed by atoms with E-state index in [0.717, 1.165) is 43.4 Å². The lowest BCUT2D eigenvalue weighted by atomic mass is 10.1. The van der Waals surface area contributed by atoms with Crippen LogP contribution in [0.2, 0.25) is 0 Å². The fourth-order valence-corrected chi connectivity index (χ4v) is 4.02. The molecule has 0 unspecified atom stereocenters. The molecule has 1 heterocycles. The minimum atomic E-state index is -0.439. The van der Waals surface area contributed by atoms with Gasteiger partial charge in [0.1, 0.15) is 0 Å². The maximum absolute atomic E-state index is 12.9. The average molecular weight is 344 g/mol. The van der Waals surface area contributed by atoms with E-state index >= 15 is 0 Å². The van der Waals surface area contributed by atoms with Crippen molar-refractivity contribution in [3.8, 4) is 0 Å². The van der Waals surface area contributed by atoms with Crippen LogP contribution >= 0.6 is 11.3 Å². The fourth-order valence-electron chi connectivity index (χ4n) is 3.24. The van der Waals surface area contributed by atoms with Crippen molar-refractivity contribution in [3.63, 3.8) is 0 Å². The highest BCUT2D eigenvalue weighted by Crippen LogP contribution is 2.29. The highest BCUT2D eigenvalue weighted by molar-refractivity contribution is 7.17. The van der Waals surface area contributed by atoms with E-state index in [1.165, 1.54) is 11.6 Å². The second-order valence-corrected chi connectivity index (χ2v) is 7.13. The third-order valence-corrected chi connectivity index (χ3v) is 5.52. The van der Waals surface area contributed by atoms with Crippen molar-refractivity contribution < 1.29 is 9.72 Å². The largest absolute Gasteiger partial charge is 0.335 e. The van der Waals surface area contributed by atoms with Crippen LogP contribution < -0.4 is 0 Å². The molecular weight excluding hydrogens is 324 g/mol. The van der Waals surface area contributed by atoms with Gasteiger partial charge in [-0.05, 0) is 30.9 Å². The maximum Gasteiger partial charge on any atom is 0.324 e. The first-order valence-corrected chi connectivity index (χ1v) is 9.06. The molecule has 1 amide bonds. The van der Waals surface area contributed by atoms with Crippen LogP contribution in [0.3, 0.4) is 0 Å². The van der Waals surface area contributed by atoms with Gasteiger partial charge in [-0.15, -0.1) is 0 Å². The van der Waals surface area contributed by atoms with Crippen molar-refractivity contribution in [2.45, 2.75) is 38.1 Å². The standard InChI is InChI=1S/C18H20N2O3S/c21-18(16-10-11-17(24-16)20(22)23)19(15-8-4-5-9-15)13-12-14-6-2-1-3-7-14/h1-3,6-7,10-11,15H,4-5,8-9,12-13H2. The Morgan fingerprint density at radius 2 is 1.88 bits per heavy atom. The molecule has 1 saturated carbocycles. The van der Waals surface area contributed by atoms with Crippen molar-refractivity contribution in [2.24, 2.45) is 0 Å². The summed E-state index contributed by atoms with van der Waals surface area (Å²) in [6.07, 6.45) is 5.13. The number of nitro groups is 1. The third-order valence-electron chi connectivity index (χ3n) is 4.49. The van der Waals surface area contributed by atoms with E-state index in [4.69, 9.17) is 0 Å². The second-order valence-electron chi connectivity index (χ2n) is 6.07. The lowest BCUT2D eigenvalue weighted by molar-refractivity contribution is -0.380. The Morgan fingerprint density at radius 1 is 1.17 bits per heavy atom. The first-order valence-electron chi connectivity index (χ1n) is 8.24. The van der Waals surface area contributed by atoms with E-state index in [9.17, 15) is 14.9 Å². The molecule has 5 nitrogen and oxygen atoms in total. The lowest BCUT2D eigenvalue weighted by Gasteiger charge is -2.28. The van der Waals surface area contributed by atoms with Crippen molar-refractivity contribution in [1.29, 1.82) is 0 Å². The van der Waals surface area contributed by atoms with E-state index in [2.05, 4.69) is 12.1 Å². The molecule has 0 bridgehead atoms. The van der Waals surface area contributed by atoms with Gasteiger partial charge in [0.15, 0.2) is 0 Å². The monoisotopic (exact) mass is 344 g/mol. The van der Waals surface area contributed by atoms with E-state index in [-0.39, 0.29) is 17.0 Å². The molecule has 2 aromatic rings. The van der Waals surface area contributed by atoms with Crippen LogP contribution in [0, 0.1) is 10.1 Å². The van der Waals surface area contributed by atoms with Gasteiger partial charge in [0.2, 0.25) is 0 Å². The van der Waals surface area contributed by atoms with Crippen LogP contribution in [0.5, 0.6) is 0 Å². The molecule has 1 aliphatic rings. The number of carbonyl (C=O) groups is 1. The van der Waals surface area contributed by atoms with Crippen molar-refractivity contribution in [3.05, 3.63) is 63.0 Å². The molecule has 0 aliphatic heterocycles. The number of benzene rings is 1. The van der Waals surface area contributed by atoms with Crippen LogP contribution in [0.4, 0.5) is 5.00 Å². The zero-order chi connectivity index (χ0) is 16.9. The molecule has 0 radical (unpaired) electrons. The quantitative estimate of drug-likeness (QED) is 0.580. The second kappa shape index (κ2) is 7.57. The van der Waals surface area contributed by atoms with Crippen LogP contribution in [-0.4, -0.2) is 28.3 Å². The predicted octanol–water partition coefficient (Wildman–Crippen LogP) is 4.28. The molecule has 3 rings (SSSR count). The Labute approximate surface area is 145 Å². The van der Waals surface area contributed by atoms with Gasteiger partial charge in [-0.25, -0.2) is 0 Å². The SMILES string of the molecule is O=C(c1ccc([N+](=O)[O-])s1)N(CCc1ccccc1)C1CCCC1. The summed E-state index contributed by atoms with van der Waals surface area (Å²) >= 11 is 0.968. The van der Waals surface area contributed by atoms with E-state index in [0.29, 0.717) is 11.4 Å². The molecule has 1 aliphatic carbocycles. The average Bonchev–Trinajstić information content (AvgIpc) is 3.28. The predicted molar refractivity (Wildman–Crippen MR) is 94.4 cm³/mol. The first-order chi connectivity index (χ1) is 11.6. The van der Waals surface area contributed by atoms with Gasteiger partial charge < -0.3 is 4.90 Å². The van der Waals surface area contributed by atoms with Crippen LogP contribution in [0.25, 0.3) is 0 Å². The van der Waals surface area contributed by atoms with Gasteiger partial charge in [-0.3, -0.25) is 14.9 Å². The summed E-state index contributed by atoms with van der Waals surface area (Å²) in [6, 6.07) is 13.4. The molecule has 0 saturated heterocycles. The number of hydrogen-bond acceptors (Lipinski definition) is 4. The van der Waals surface area contributed by atoms with E-state index in [1.54, 1.807) is 6.07 Å². The summed E-state index contributed by atoms with van der Waals surface area (Å²) in [5.74, 6) is -0.0732. The van der Waals surface area contributed by atoms with Crippen LogP contribution in [0.15, 0.2) is 42.5 Å². The van der Waals surface area contributed by atoms with Gasteiger partial charge in [-0.2, -0.15) is 0 Å². The molecule has 0 spiro atoms. The Bertz CT molecular complexity index is 708. The van der Waals surface area contributed by atoms with Crippen molar-refractivity contribution >= 4 is 22.2 Å². The minimum Gasteiger partial charge on any atom is -0.335 e. The molecule has 0 N–H and O–H groups in total. The van der Waals surface area contributed by atoms with Gasteiger partial charge in [0, 0.05) is 18.7 Å². The van der Waals surface area contributed by atoms with Crippen LogP contribution in [-0.2, 0) is 6.42 Å². The summed E-state index contributed by atoms with van der Waals surface area (Å²) in [5, 5.41) is 10.9. The number of carbonyl (C=O) groups excluding carboxylic acids is 1. The molecule has 0 atom stereocenters. The number of amides is 1. The highest BCUT2D eigenvalue weighted by Gasteiger charge is 2.28. The topological polar surface area (TPSA) is 63.4 Å². The number of thiophene rings is 1. The Balaban J connectivity index is 1.75. The molecule has 24 heavy (non-hydrogen) atoms. The normalized spacial score (nSPS) is 14.7. The molecule has 1 aromatic carbocycles. The Hall–Kier alpha value is -2.21. The lowest BCUT2D eigenvalue weighted by Crippen LogP contribution is -2.39. The van der Waals surface area contributed by atoms with Crippen molar-refractivity contribution in [2.75, 3.05) is 6.54 Å². The summed E-state index contributed by atoms with van der Waals surface area (Å²) in [7, 11) is 0. The van der Waals surface area contributed by atoms with E-state index < -0.39 is 4.92 Å². The van der Waals surface area contributed by atoms with Gasteiger partial charge in [-0.1, -0.05) is 54.5 Å².